The normalized spacial score (nSPS) is 24.5. The van der Waals surface area contributed by atoms with Gasteiger partial charge in [0.25, 0.3) is 23.6 Å². The molecule has 4 heterocycles. The van der Waals surface area contributed by atoms with Crippen molar-refractivity contribution >= 4 is 52.5 Å². The number of imide groups is 2. The summed E-state index contributed by atoms with van der Waals surface area (Å²) in [6.07, 6.45) is 2.02. The fourth-order valence-corrected chi connectivity index (χ4v) is 10.5. The number of nitrogens with one attached hydrogen (secondary N) is 1. The minimum absolute atomic E-state index is 0.112. The average Bonchev–Trinajstić information content (AvgIpc) is 3.48. The average molecular weight is 820 g/mol. The lowest BCUT2D eigenvalue weighted by Gasteiger charge is -2.63. The lowest BCUT2D eigenvalue weighted by atomic mass is 9.49. The Morgan fingerprint density at radius 2 is 1.42 bits per heavy atom. The highest BCUT2D eigenvalue weighted by Crippen LogP contribution is 2.55. The first-order valence-electron chi connectivity index (χ1n) is 20.4. The standard InChI is InChI=1S/C45H50ClN7O6/c1-44(2)42(45(3,4)43(44)59-32-12-8-28(26-47)35(46)25-32)48-38(55)27-6-9-29(10-7-27)51-20-22-52(23-21-51)30-16-18-50(19-17-30)31-11-13-33-34(24-31)40(57)53(39(33)56)36-14-15-37(54)49(5)41(36)58/h6-13,24-25,30,36,42-43H,14-23H2,1-5H3,(H,48,55). The molecule has 4 fully saturated rings. The molecule has 8 rings (SSSR count). The lowest BCUT2D eigenvalue weighted by Crippen LogP contribution is -2.74. The van der Waals surface area contributed by atoms with Crippen molar-refractivity contribution in [3.63, 3.8) is 0 Å². The molecule has 0 bridgehead atoms. The zero-order chi connectivity index (χ0) is 42.0. The van der Waals surface area contributed by atoms with Crippen LogP contribution in [-0.4, -0.2) is 115 Å². The number of piperidine rings is 2. The van der Waals surface area contributed by atoms with Crippen LogP contribution < -0.4 is 19.9 Å². The number of benzene rings is 3. The Morgan fingerprint density at radius 1 is 0.797 bits per heavy atom. The molecule has 4 aliphatic heterocycles. The first-order valence-corrected chi connectivity index (χ1v) is 20.8. The molecular weight excluding hydrogens is 770 g/mol. The summed E-state index contributed by atoms with van der Waals surface area (Å²) < 4.78 is 6.38. The molecule has 3 aromatic rings. The highest BCUT2D eigenvalue weighted by molar-refractivity contribution is 6.31. The van der Waals surface area contributed by atoms with E-state index < -0.39 is 23.8 Å². The Morgan fingerprint density at radius 3 is 2.07 bits per heavy atom. The first kappa shape index (κ1) is 40.3. The third-order valence-corrected chi connectivity index (χ3v) is 13.7. The fraction of sp³-hybridized carbons (Fsp3) is 0.467. The van der Waals surface area contributed by atoms with Crippen molar-refractivity contribution in [2.75, 3.05) is 56.1 Å². The van der Waals surface area contributed by atoms with Crippen molar-refractivity contribution in [2.45, 2.75) is 77.6 Å². The minimum atomic E-state index is -0.964. The monoisotopic (exact) mass is 819 g/mol. The Kier molecular flexibility index (Phi) is 10.5. The minimum Gasteiger partial charge on any atom is -0.489 e. The van der Waals surface area contributed by atoms with Crippen molar-refractivity contribution < 1.29 is 28.7 Å². The number of nitriles is 1. The van der Waals surface area contributed by atoms with Gasteiger partial charge in [0.2, 0.25) is 5.91 Å². The van der Waals surface area contributed by atoms with Crippen molar-refractivity contribution in [2.24, 2.45) is 10.8 Å². The highest BCUT2D eigenvalue weighted by atomic mass is 35.5. The molecule has 1 atom stereocenters. The van der Waals surface area contributed by atoms with Gasteiger partial charge < -0.3 is 19.9 Å². The van der Waals surface area contributed by atoms with Gasteiger partial charge in [-0.2, -0.15) is 5.26 Å². The molecule has 5 aliphatic rings. The van der Waals surface area contributed by atoms with E-state index in [4.69, 9.17) is 16.3 Å². The van der Waals surface area contributed by atoms with Crippen LogP contribution in [0.5, 0.6) is 5.75 Å². The second kappa shape index (κ2) is 15.3. The molecule has 3 saturated heterocycles. The summed E-state index contributed by atoms with van der Waals surface area (Å²) in [6, 6.07) is 19.7. The van der Waals surface area contributed by atoms with E-state index in [1.807, 2.05) is 30.3 Å². The van der Waals surface area contributed by atoms with Crippen LogP contribution in [-0.2, 0) is 9.59 Å². The number of hydrogen-bond donors (Lipinski definition) is 1. The van der Waals surface area contributed by atoms with Crippen LogP contribution in [0.2, 0.25) is 5.02 Å². The van der Waals surface area contributed by atoms with Crippen molar-refractivity contribution in [3.8, 4) is 11.8 Å². The SMILES string of the molecule is CN1C(=O)CCC(N2C(=O)c3ccc(N4CCC(N5CCN(c6ccc(C(=O)NC7C(C)(C)C(Oc8ccc(C#N)c(Cl)c8)C7(C)C)cc6)CC5)CC4)cc3C2=O)C1=O. The number of likely N-dealkylation sites (N-methyl/N-ethyl adjacent to an activating group) is 1. The number of likely N-dealkylation sites (tertiary alicyclic amines) is 1. The molecule has 0 spiro atoms. The van der Waals surface area contributed by atoms with Gasteiger partial charge in [0.1, 0.15) is 24.0 Å². The topological polar surface area (TPSA) is 147 Å². The van der Waals surface area contributed by atoms with Crippen LogP contribution >= 0.6 is 11.6 Å². The van der Waals surface area contributed by atoms with Gasteiger partial charge in [0.15, 0.2) is 0 Å². The number of anilines is 2. The molecule has 13 nitrogen and oxygen atoms in total. The predicted octanol–water partition coefficient (Wildman–Crippen LogP) is 5.36. The number of piperazine rings is 1. The van der Waals surface area contributed by atoms with E-state index in [2.05, 4.69) is 53.8 Å². The summed E-state index contributed by atoms with van der Waals surface area (Å²) in [5.74, 6) is -1.32. The molecule has 5 amide bonds. The molecule has 1 N–H and O–H groups in total. The number of ether oxygens (including phenoxy) is 1. The number of hydrogen-bond acceptors (Lipinski definition) is 10. The lowest BCUT2D eigenvalue weighted by molar-refractivity contribution is -0.164. The van der Waals surface area contributed by atoms with E-state index in [9.17, 15) is 29.2 Å². The summed E-state index contributed by atoms with van der Waals surface area (Å²) in [5, 5.41) is 12.9. The van der Waals surface area contributed by atoms with Crippen LogP contribution in [0.25, 0.3) is 0 Å². The second-order valence-corrected chi connectivity index (χ2v) is 18.1. The number of nitrogens with zero attached hydrogens (tertiary/aromatic N) is 6. The Labute approximate surface area is 349 Å². The van der Waals surface area contributed by atoms with Gasteiger partial charge in [0, 0.05) is 98.7 Å². The van der Waals surface area contributed by atoms with Gasteiger partial charge in [-0.1, -0.05) is 39.3 Å². The Balaban J connectivity index is 0.812. The fourth-order valence-electron chi connectivity index (χ4n) is 10.3. The summed E-state index contributed by atoms with van der Waals surface area (Å²) in [4.78, 5) is 74.3. The molecule has 14 heteroatoms. The van der Waals surface area contributed by atoms with Crippen LogP contribution in [0.15, 0.2) is 60.7 Å². The van der Waals surface area contributed by atoms with Crippen LogP contribution in [0.3, 0.4) is 0 Å². The molecule has 59 heavy (non-hydrogen) atoms. The highest BCUT2D eigenvalue weighted by Gasteiger charge is 2.64. The molecule has 1 unspecified atom stereocenters. The zero-order valence-electron chi connectivity index (χ0n) is 34.2. The van der Waals surface area contributed by atoms with E-state index in [1.165, 1.54) is 7.05 Å². The van der Waals surface area contributed by atoms with Gasteiger partial charge in [-0.25, -0.2) is 0 Å². The van der Waals surface area contributed by atoms with Crippen LogP contribution in [0, 0.1) is 22.2 Å². The molecule has 1 aliphatic carbocycles. The van der Waals surface area contributed by atoms with Crippen molar-refractivity contribution in [1.29, 1.82) is 5.26 Å². The summed E-state index contributed by atoms with van der Waals surface area (Å²) in [6.45, 7) is 13.6. The third-order valence-electron chi connectivity index (χ3n) is 13.4. The van der Waals surface area contributed by atoms with E-state index in [1.54, 1.807) is 30.3 Å². The number of carbonyl (C=O) groups excluding carboxylic acids is 5. The summed E-state index contributed by atoms with van der Waals surface area (Å²) in [7, 11) is 1.39. The molecule has 308 valence electrons. The molecular formula is C45H50ClN7O6. The van der Waals surface area contributed by atoms with Crippen LogP contribution in [0.1, 0.15) is 90.0 Å². The number of carbonyl (C=O) groups is 5. The van der Waals surface area contributed by atoms with E-state index in [0.29, 0.717) is 39.1 Å². The number of halogens is 1. The first-order chi connectivity index (χ1) is 28.1. The zero-order valence-corrected chi connectivity index (χ0v) is 34.9. The Hall–Kier alpha value is -5.45. The smallest absolute Gasteiger partial charge is 0.262 e. The van der Waals surface area contributed by atoms with E-state index in [-0.39, 0.29) is 47.6 Å². The number of rotatable bonds is 8. The Bertz CT molecular complexity index is 2240. The van der Waals surface area contributed by atoms with Gasteiger partial charge in [-0.3, -0.25) is 38.7 Å². The quantitative estimate of drug-likeness (QED) is 0.295. The predicted molar refractivity (Wildman–Crippen MR) is 223 cm³/mol. The second-order valence-electron chi connectivity index (χ2n) is 17.6. The largest absolute Gasteiger partial charge is 0.489 e. The number of fused-ring (bicyclic) bond motifs is 1. The maximum atomic E-state index is 13.5. The van der Waals surface area contributed by atoms with Gasteiger partial charge in [-0.15, -0.1) is 0 Å². The van der Waals surface area contributed by atoms with Crippen LogP contribution in [0.4, 0.5) is 11.4 Å². The van der Waals surface area contributed by atoms with E-state index in [0.717, 1.165) is 73.3 Å². The van der Waals surface area contributed by atoms with Gasteiger partial charge in [-0.05, 0) is 73.9 Å². The molecule has 0 aromatic heterocycles. The van der Waals surface area contributed by atoms with Crippen molar-refractivity contribution in [1.82, 2.24) is 20.0 Å². The van der Waals surface area contributed by atoms with Gasteiger partial charge >= 0.3 is 0 Å². The summed E-state index contributed by atoms with van der Waals surface area (Å²) in [5.41, 5.74) is 2.87. The van der Waals surface area contributed by atoms with Crippen molar-refractivity contribution in [3.05, 3.63) is 87.9 Å². The maximum absolute atomic E-state index is 13.5. The molecule has 0 radical (unpaired) electrons. The maximum Gasteiger partial charge on any atom is 0.262 e. The third kappa shape index (κ3) is 7.10. The van der Waals surface area contributed by atoms with E-state index >= 15 is 0 Å². The van der Waals surface area contributed by atoms with Gasteiger partial charge in [0.05, 0.1) is 21.7 Å². The molecule has 3 aromatic carbocycles. The molecule has 1 saturated carbocycles. The summed E-state index contributed by atoms with van der Waals surface area (Å²) >= 11 is 6.25. The number of amides is 5.